The molecule has 0 heterocycles. The van der Waals surface area contributed by atoms with E-state index in [1.54, 1.807) is 0 Å². The third-order valence-electron chi connectivity index (χ3n) is 1.49. The molecule has 0 spiro atoms. The fourth-order valence-corrected chi connectivity index (χ4v) is 1.04. The van der Waals surface area contributed by atoms with E-state index in [0.717, 1.165) is 12.1 Å². The third kappa shape index (κ3) is 2.27. The van der Waals surface area contributed by atoms with Gasteiger partial charge in [0.15, 0.2) is 0 Å². The minimum absolute atomic E-state index is 0.243. The molecule has 1 aromatic rings. The summed E-state index contributed by atoms with van der Waals surface area (Å²) >= 11 is 0.243. The minimum Gasteiger partial charge on any atom is -0.191 e. The average Bonchev–Trinajstić information content (AvgIpc) is 2.07. The summed E-state index contributed by atoms with van der Waals surface area (Å²) in [5.74, 6) is 0. The minimum atomic E-state index is 0.243. The van der Waals surface area contributed by atoms with Crippen molar-refractivity contribution >= 4 is 17.2 Å². The van der Waals surface area contributed by atoms with Crippen LogP contribution < -0.4 is 0 Å². The molecule has 2 nitrogen and oxygen atoms in total. The van der Waals surface area contributed by atoms with Crippen molar-refractivity contribution in [3.05, 3.63) is 29.8 Å². The zero-order valence-electron chi connectivity index (χ0n) is 6.28. The molecule has 0 atom stereocenters. The summed E-state index contributed by atoms with van der Waals surface area (Å²) in [4.78, 5) is 0. The van der Waals surface area contributed by atoms with Crippen LogP contribution in [0.25, 0.3) is 0 Å². The van der Waals surface area contributed by atoms with Gasteiger partial charge in [0.1, 0.15) is 0 Å². The van der Waals surface area contributed by atoms with Crippen molar-refractivity contribution in [3.8, 4) is 0 Å². The van der Waals surface area contributed by atoms with Crippen LogP contribution in [0.4, 0.5) is 5.69 Å². The highest BCUT2D eigenvalue weighted by molar-refractivity contribution is 7.54. The fourth-order valence-electron chi connectivity index (χ4n) is 0.836. The van der Waals surface area contributed by atoms with Crippen LogP contribution in [0.1, 0.15) is 12.5 Å². The lowest BCUT2D eigenvalue weighted by Gasteiger charge is -1.93. The van der Waals surface area contributed by atoms with E-state index in [-0.39, 0.29) is 11.5 Å². The van der Waals surface area contributed by atoms with Crippen molar-refractivity contribution < 1.29 is 4.21 Å². The van der Waals surface area contributed by atoms with Gasteiger partial charge in [-0.1, -0.05) is 19.1 Å². The van der Waals surface area contributed by atoms with Crippen molar-refractivity contribution in [2.24, 2.45) is 4.36 Å². The molecule has 3 heteroatoms. The SMILES string of the molecule is CCc1ccc(N=S=O)cc1. The summed E-state index contributed by atoms with van der Waals surface area (Å²) < 4.78 is 13.6. The predicted molar refractivity (Wildman–Crippen MR) is 46.1 cm³/mol. The molecule has 1 aromatic carbocycles. The zero-order chi connectivity index (χ0) is 8.10. The van der Waals surface area contributed by atoms with Crippen LogP contribution >= 0.6 is 0 Å². The molecule has 58 valence electrons. The number of hydrogen-bond acceptors (Lipinski definition) is 2. The second-order valence-electron chi connectivity index (χ2n) is 2.19. The van der Waals surface area contributed by atoms with Gasteiger partial charge >= 0.3 is 0 Å². The van der Waals surface area contributed by atoms with Gasteiger partial charge in [-0.15, -0.1) is 0 Å². The van der Waals surface area contributed by atoms with Crippen molar-refractivity contribution in [3.63, 3.8) is 0 Å². The molecule has 0 bridgehead atoms. The second-order valence-corrected chi connectivity index (χ2v) is 2.52. The normalized spacial score (nSPS) is 9.18. The standard InChI is InChI=1S/C8H9NOS/c1-2-7-3-5-8(6-4-7)9-11-10/h3-6H,2H2,1H3. The summed E-state index contributed by atoms with van der Waals surface area (Å²) in [5, 5.41) is 0. The van der Waals surface area contributed by atoms with Crippen LogP contribution in [-0.2, 0) is 17.9 Å². The monoisotopic (exact) mass is 167 g/mol. The van der Waals surface area contributed by atoms with E-state index in [1.165, 1.54) is 5.56 Å². The summed E-state index contributed by atoms with van der Waals surface area (Å²) in [5.41, 5.74) is 2.00. The highest BCUT2D eigenvalue weighted by Gasteiger charge is 1.88. The van der Waals surface area contributed by atoms with Crippen LogP contribution in [0.3, 0.4) is 0 Å². The maximum absolute atomic E-state index is 10.0. The lowest BCUT2D eigenvalue weighted by atomic mass is 10.2. The van der Waals surface area contributed by atoms with Crippen molar-refractivity contribution in [2.75, 3.05) is 0 Å². The van der Waals surface area contributed by atoms with Gasteiger partial charge in [0.25, 0.3) is 0 Å². The van der Waals surface area contributed by atoms with E-state index in [2.05, 4.69) is 11.3 Å². The van der Waals surface area contributed by atoms with Crippen LogP contribution in [0.2, 0.25) is 0 Å². The van der Waals surface area contributed by atoms with E-state index >= 15 is 0 Å². The first-order valence-electron chi connectivity index (χ1n) is 3.45. The maximum Gasteiger partial charge on any atom is 0.205 e. The third-order valence-corrected chi connectivity index (χ3v) is 1.77. The van der Waals surface area contributed by atoms with Crippen LogP contribution in [0.15, 0.2) is 28.6 Å². The number of rotatable bonds is 2. The number of nitrogens with zero attached hydrogens (tertiary/aromatic N) is 1. The van der Waals surface area contributed by atoms with E-state index in [4.69, 9.17) is 0 Å². The van der Waals surface area contributed by atoms with Gasteiger partial charge in [0, 0.05) is 0 Å². The molecule has 0 amide bonds. The first kappa shape index (κ1) is 8.14. The maximum atomic E-state index is 10.0. The van der Waals surface area contributed by atoms with Gasteiger partial charge in [-0.3, -0.25) is 0 Å². The summed E-state index contributed by atoms with van der Waals surface area (Å²) in [6.45, 7) is 2.09. The lowest BCUT2D eigenvalue weighted by molar-refractivity contribution is 0.698. The molecule has 0 aliphatic heterocycles. The molecule has 0 fully saturated rings. The highest BCUT2D eigenvalue weighted by Crippen LogP contribution is 2.12. The molecule has 0 saturated carbocycles. The lowest BCUT2D eigenvalue weighted by Crippen LogP contribution is -1.75. The Morgan fingerprint density at radius 1 is 1.36 bits per heavy atom. The predicted octanol–water partition coefficient (Wildman–Crippen LogP) is 2.28. The Morgan fingerprint density at radius 3 is 2.45 bits per heavy atom. The molecule has 0 unspecified atom stereocenters. The van der Waals surface area contributed by atoms with Gasteiger partial charge in [0.2, 0.25) is 11.5 Å². The Labute approximate surface area is 69.5 Å². The molecule has 0 N–H and O–H groups in total. The van der Waals surface area contributed by atoms with Gasteiger partial charge in [-0.05, 0) is 24.1 Å². The molecule has 11 heavy (non-hydrogen) atoms. The molecule has 0 aliphatic rings. The Kier molecular flexibility index (Phi) is 2.98. The second kappa shape index (κ2) is 4.03. The molecule has 0 aliphatic carbocycles. The van der Waals surface area contributed by atoms with E-state index in [9.17, 15) is 4.21 Å². The van der Waals surface area contributed by atoms with Crippen LogP contribution in [0, 0.1) is 0 Å². The van der Waals surface area contributed by atoms with E-state index in [1.807, 2.05) is 24.3 Å². The first-order valence-corrected chi connectivity index (χ1v) is 4.15. The largest absolute Gasteiger partial charge is 0.205 e. The molecule has 1 rings (SSSR count). The summed E-state index contributed by atoms with van der Waals surface area (Å²) in [6.07, 6.45) is 1.02. The van der Waals surface area contributed by atoms with Crippen molar-refractivity contribution in [1.29, 1.82) is 0 Å². The highest BCUT2D eigenvalue weighted by atomic mass is 32.1. The average molecular weight is 167 g/mol. The molecular weight excluding hydrogens is 158 g/mol. The summed E-state index contributed by atoms with van der Waals surface area (Å²) in [6, 6.07) is 7.66. The van der Waals surface area contributed by atoms with Crippen molar-refractivity contribution in [2.45, 2.75) is 13.3 Å². The Bertz CT molecular complexity index is 275. The quantitative estimate of drug-likeness (QED) is 0.664. The van der Waals surface area contributed by atoms with Gasteiger partial charge < -0.3 is 0 Å². The number of hydrogen-bond donors (Lipinski definition) is 0. The van der Waals surface area contributed by atoms with Gasteiger partial charge in [0.05, 0.1) is 5.69 Å². The van der Waals surface area contributed by atoms with E-state index < -0.39 is 0 Å². The molecule has 0 saturated heterocycles. The first-order chi connectivity index (χ1) is 5.36. The fraction of sp³-hybridized carbons (Fsp3) is 0.250. The molecule has 0 aromatic heterocycles. The number of benzene rings is 1. The Balaban J connectivity index is 2.91. The van der Waals surface area contributed by atoms with Crippen LogP contribution in [0.5, 0.6) is 0 Å². The Morgan fingerprint density at radius 2 is 2.00 bits per heavy atom. The smallest absolute Gasteiger partial charge is 0.191 e. The van der Waals surface area contributed by atoms with Gasteiger partial charge in [-0.2, -0.15) is 8.57 Å². The van der Waals surface area contributed by atoms with Crippen LogP contribution in [-0.4, -0.2) is 4.21 Å². The Hall–Kier alpha value is -0.960. The van der Waals surface area contributed by atoms with E-state index in [0.29, 0.717) is 0 Å². The number of aryl methyl sites for hydroxylation is 1. The van der Waals surface area contributed by atoms with Crippen molar-refractivity contribution in [1.82, 2.24) is 0 Å². The summed E-state index contributed by atoms with van der Waals surface area (Å²) in [7, 11) is 0. The molecular formula is C8H9NOS. The molecule has 0 radical (unpaired) electrons. The topological polar surface area (TPSA) is 29.4 Å². The zero-order valence-corrected chi connectivity index (χ0v) is 7.10. The van der Waals surface area contributed by atoms with Gasteiger partial charge in [-0.25, -0.2) is 0 Å².